The maximum atomic E-state index is 11.6. The molecule has 0 aliphatic carbocycles. The highest BCUT2D eigenvalue weighted by molar-refractivity contribution is 9.09. The summed E-state index contributed by atoms with van der Waals surface area (Å²) in [6.07, 6.45) is 2.22. The Morgan fingerprint density at radius 3 is 2.96 bits per heavy atom. The predicted octanol–water partition coefficient (Wildman–Crippen LogP) is 1.90. The van der Waals surface area contributed by atoms with Gasteiger partial charge in [0.1, 0.15) is 5.82 Å². The van der Waals surface area contributed by atoms with Crippen LogP contribution in [0, 0.1) is 0 Å². The van der Waals surface area contributed by atoms with Crippen LogP contribution in [0.5, 0.6) is 0 Å². The van der Waals surface area contributed by atoms with Gasteiger partial charge >= 0.3 is 0 Å². The van der Waals surface area contributed by atoms with E-state index in [4.69, 9.17) is 4.74 Å². The Morgan fingerprint density at radius 1 is 1.40 bits per heavy atom. The summed E-state index contributed by atoms with van der Waals surface area (Å²) in [6, 6.07) is 0. The van der Waals surface area contributed by atoms with Crippen LogP contribution in [-0.2, 0) is 16.1 Å². The smallest absolute Gasteiger partial charge is 0.220 e. The lowest BCUT2D eigenvalue weighted by atomic mass is 10.4. The Bertz CT molecular complexity index is 696. The van der Waals surface area contributed by atoms with Gasteiger partial charge in [0.25, 0.3) is 0 Å². The highest BCUT2D eigenvalue weighted by Crippen LogP contribution is 2.24. The fraction of sp³-hybridized carbons (Fsp3) is 0.600. The lowest BCUT2D eigenvalue weighted by Gasteiger charge is -2.09. The fourth-order valence-electron chi connectivity index (χ4n) is 2.17. The van der Waals surface area contributed by atoms with E-state index < -0.39 is 0 Å². The monoisotopic (exact) mass is 430 g/mol. The first-order valence-electron chi connectivity index (χ1n) is 8.11. The lowest BCUT2D eigenvalue weighted by molar-refractivity contribution is -0.120. The van der Waals surface area contributed by atoms with Gasteiger partial charge in [0.2, 0.25) is 5.91 Å². The number of aromatic nitrogens is 4. The van der Waals surface area contributed by atoms with Crippen molar-refractivity contribution in [1.82, 2.24) is 25.1 Å². The van der Waals surface area contributed by atoms with E-state index >= 15 is 0 Å². The molecule has 0 unspecified atom stereocenters. The highest BCUT2D eigenvalue weighted by atomic mass is 79.9. The number of halogens is 1. The lowest BCUT2D eigenvalue weighted by Crippen LogP contribution is -2.27. The van der Waals surface area contributed by atoms with Gasteiger partial charge in [-0.1, -0.05) is 34.6 Å². The van der Waals surface area contributed by atoms with Gasteiger partial charge < -0.3 is 15.4 Å². The molecule has 0 spiro atoms. The molecule has 0 saturated carbocycles. The molecule has 25 heavy (non-hydrogen) atoms. The number of nitrogens with zero attached hydrogens (tertiary/aromatic N) is 4. The van der Waals surface area contributed by atoms with Gasteiger partial charge in [0, 0.05) is 32.0 Å². The van der Waals surface area contributed by atoms with Crippen molar-refractivity contribution in [2.75, 3.05) is 43.2 Å². The molecule has 2 aromatic rings. The molecule has 0 saturated heterocycles. The minimum atomic E-state index is 0.0205. The summed E-state index contributed by atoms with van der Waals surface area (Å²) in [6.45, 7) is 4.38. The minimum absolute atomic E-state index is 0.0205. The van der Waals surface area contributed by atoms with E-state index in [-0.39, 0.29) is 5.91 Å². The van der Waals surface area contributed by atoms with Crippen molar-refractivity contribution in [2.45, 2.75) is 25.0 Å². The maximum Gasteiger partial charge on any atom is 0.220 e. The number of methoxy groups -OCH3 is 1. The van der Waals surface area contributed by atoms with Gasteiger partial charge in [-0.05, 0) is 5.75 Å². The molecule has 0 fully saturated rings. The topological polar surface area (TPSA) is 94.0 Å². The number of nitrogens with one attached hydrogen (secondary N) is 2. The van der Waals surface area contributed by atoms with Crippen molar-refractivity contribution in [3.05, 3.63) is 6.20 Å². The fourth-order valence-corrected chi connectivity index (χ4v) is 3.10. The second-order valence-corrected chi connectivity index (χ2v) is 7.13. The van der Waals surface area contributed by atoms with Crippen molar-refractivity contribution in [1.29, 1.82) is 0 Å². The minimum Gasteiger partial charge on any atom is -0.383 e. The summed E-state index contributed by atoms with van der Waals surface area (Å²) >= 11 is 4.84. The first kappa shape index (κ1) is 19.9. The molecule has 2 heterocycles. The number of alkyl halides is 1. The van der Waals surface area contributed by atoms with Crippen LogP contribution in [0.1, 0.15) is 13.3 Å². The zero-order valence-electron chi connectivity index (χ0n) is 14.4. The number of thioether (sulfide) groups is 1. The Balaban J connectivity index is 2.16. The van der Waals surface area contributed by atoms with Gasteiger partial charge in [-0.3, -0.25) is 4.79 Å². The summed E-state index contributed by atoms with van der Waals surface area (Å²) < 4.78 is 6.88. The van der Waals surface area contributed by atoms with Crippen LogP contribution >= 0.6 is 27.7 Å². The Morgan fingerprint density at radius 2 is 2.24 bits per heavy atom. The number of rotatable bonds is 11. The second-order valence-electron chi connectivity index (χ2n) is 5.10. The highest BCUT2D eigenvalue weighted by Gasteiger charge is 2.13. The number of fused-ring (bicyclic) bond motifs is 1. The van der Waals surface area contributed by atoms with Gasteiger partial charge in [0.15, 0.2) is 10.8 Å². The van der Waals surface area contributed by atoms with Crippen LogP contribution < -0.4 is 10.6 Å². The van der Waals surface area contributed by atoms with Crippen molar-refractivity contribution >= 4 is 50.5 Å². The Hall–Kier alpha value is -1.39. The van der Waals surface area contributed by atoms with Crippen LogP contribution in [0.3, 0.4) is 0 Å². The average Bonchev–Trinajstić information content (AvgIpc) is 2.99. The van der Waals surface area contributed by atoms with Crippen molar-refractivity contribution < 1.29 is 9.53 Å². The molecule has 138 valence electrons. The molecule has 2 N–H and O–H groups in total. The number of hydrogen-bond donors (Lipinski definition) is 2. The molecule has 8 nitrogen and oxygen atoms in total. The summed E-state index contributed by atoms with van der Waals surface area (Å²) in [7, 11) is 1.66. The third-order valence-electron chi connectivity index (χ3n) is 3.32. The molecule has 1 amide bonds. The normalized spacial score (nSPS) is 11.0. The van der Waals surface area contributed by atoms with Crippen LogP contribution in [0.2, 0.25) is 0 Å². The molecule has 0 aliphatic rings. The Labute approximate surface area is 159 Å². The first-order valence-corrected chi connectivity index (χ1v) is 10.2. The maximum absolute atomic E-state index is 11.6. The molecule has 2 aromatic heterocycles. The number of ether oxygens (including phenoxy) is 1. The molecule has 0 atom stereocenters. The molecular weight excluding hydrogens is 408 g/mol. The second kappa shape index (κ2) is 10.6. The molecule has 0 aromatic carbocycles. The van der Waals surface area contributed by atoms with Crippen LogP contribution in [0.15, 0.2) is 11.4 Å². The zero-order chi connectivity index (χ0) is 18.1. The number of amides is 1. The van der Waals surface area contributed by atoms with E-state index in [0.29, 0.717) is 43.1 Å². The third kappa shape index (κ3) is 5.82. The van der Waals surface area contributed by atoms with Crippen molar-refractivity contribution in [3.63, 3.8) is 0 Å². The molecular formula is C15H23BrN6O2S. The summed E-state index contributed by atoms with van der Waals surface area (Å²) in [4.78, 5) is 20.7. The SMILES string of the molecule is CCSc1nc(NCCOC)c2cnn(CCNC(=O)CCBr)c2n1. The summed E-state index contributed by atoms with van der Waals surface area (Å²) in [5.74, 6) is 1.67. The molecule has 2 rings (SSSR count). The van der Waals surface area contributed by atoms with E-state index in [1.54, 1.807) is 29.8 Å². The van der Waals surface area contributed by atoms with E-state index in [1.165, 1.54) is 0 Å². The molecule has 0 bridgehead atoms. The van der Waals surface area contributed by atoms with E-state index in [2.05, 4.69) is 48.6 Å². The van der Waals surface area contributed by atoms with Gasteiger partial charge in [-0.2, -0.15) is 5.10 Å². The molecule has 0 radical (unpaired) electrons. The van der Waals surface area contributed by atoms with E-state index in [0.717, 1.165) is 22.6 Å². The number of anilines is 1. The molecule has 10 heteroatoms. The largest absolute Gasteiger partial charge is 0.383 e. The van der Waals surface area contributed by atoms with Crippen LogP contribution in [0.25, 0.3) is 11.0 Å². The quantitative estimate of drug-likeness (QED) is 0.243. The van der Waals surface area contributed by atoms with Gasteiger partial charge in [-0.15, -0.1) is 0 Å². The van der Waals surface area contributed by atoms with Crippen LogP contribution in [0.4, 0.5) is 5.82 Å². The number of hydrogen-bond acceptors (Lipinski definition) is 7. The van der Waals surface area contributed by atoms with Gasteiger partial charge in [-0.25, -0.2) is 14.6 Å². The predicted molar refractivity (Wildman–Crippen MR) is 104 cm³/mol. The zero-order valence-corrected chi connectivity index (χ0v) is 16.8. The van der Waals surface area contributed by atoms with Crippen molar-refractivity contribution in [3.8, 4) is 0 Å². The number of carbonyl (C=O) groups is 1. The van der Waals surface area contributed by atoms with E-state index in [1.807, 2.05) is 0 Å². The average molecular weight is 431 g/mol. The summed E-state index contributed by atoms with van der Waals surface area (Å²) in [5.41, 5.74) is 0.764. The van der Waals surface area contributed by atoms with E-state index in [9.17, 15) is 4.79 Å². The Kier molecular flexibility index (Phi) is 8.42. The number of carbonyl (C=O) groups excluding carboxylic acids is 1. The standard InChI is InChI=1S/C15H23BrN6O2S/c1-3-25-15-20-13(18-7-9-24-2)11-10-19-22(14(11)21-15)8-6-17-12(23)4-5-16/h10H,3-9H2,1-2H3,(H,17,23)(H,18,20,21). The van der Waals surface area contributed by atoms with Gasteiger partial charge in [0.05, 0.1) is 24.7 Å². The first-order chi connectivity index (χ1) is 12.2. The van der Waals surface area contributed by atoms with Crippen molar-refractivity contribution in [2.24, 2.45) is 0 Å². The summed E-state index contributed by atoms with van der Waals surface area (Å²) in [5, 5.41) is 12.8. The molecule has 0 aliphatic heterocycles. The third-order valence-corrected chi connectivity index (χ3v) is 4.44. The van der Waals surface area contributed by atoms with Crippen LogP contribution in [-0.4, -0.2) is 63.5 Å².